The van der Waals surface area contributed by atoms with Crippen LogP contribution in [0, 0.1) is 0 Å². The summed E-state index contributed by atoms with van der Waals surface area (Å²) >= 11 is 1.56. The SMILES string of the molecule is CCCCC/C=C\C=CC(NC)C(=O)NSC1(C)CC1. The van der Waals surface area contributed by atoms with E-state index in [1.54, 1.807) is 11.9 Å². The van der Waals surface area contributed by atoms with E-state index in [0.717, 1.165) is 6.42 Å². The van der Waals surface area contributed by atoms with Crippen molar-refractivity contribution in [1.29, 1.82) is 0 Å². The first-order valence-corrected chi connectivity index (χ1v) is 8.41. The molecule has 1 aliphatic rings. The lowest BCUT2D eigenvalue weighted by atomic mass is 10.2. The topological polar surface area (TPSA) is 41.1 Å². The normalized spacial score (nSPS) is 18.6. The van der Waals surface area contributed by atoms with Crippen LogP contribution in [0.1, 0.15) is 52.4 Å². The first-order chi connectivity index (χ1) is 9.61. The van der Waals surface area contributed by atoms with Gasteiger partial charge in [0.2, 0.25) is 0 Å². The van der Waals surface area contributed by atoms with E-state index in [-0.39, 0.29) is 16.7 Å². The zero-order valence-electron chi connectivity index (χ0n) is 12.9. The van der Waals surface area contributed by atoms with Crippen LogP contribution in [-0.2, 0) is 4.79 Å². The summed E-state index contributed by atoms with van der Waals surface area (Å²) in [6.45, 7) is 4.39. The van der Waals surface area contributed by atoms with Crippen molar-refractivity contribution in [2.75, 3.05) is 7.05 Å². The summed E-state index contributed by atoms with van der Waals surface area (Å²) in [5.74, 6) is 0.0289. The van der Waals surface area contributed by atoms with Gasteiger partial charge in [0, 0.05) is 4.75 Å². The number of rotatable bonds is 10. The molecule has 1 unspecified atom stereocenters. The maximum atomic E-state index is 12.0. The van der Waals surface area contributed by atoms with Crippen LogP contribution < -0.4 is 10.0 Å². The van der Waals surface area contributed by atoms with Gasteiger partial charge in [-0.15, -0.1) is 0 Å². The van der Waals surface area contributed by atoms with Crippen molar-refractivity contribution >= 4 is 17.9 Å². The van der Waals surface area contributed by atoms with Crippen LogP contribution in [0.3, 0.4) is 0 Å². The van der Waals surface area contributed by atoms with Crippen LogP contribution >= 0.6 is 11.9 Å². The molecule has 2 N–H and O–H groups in total. The lowest BCUT2D eigenvalue weighted by Crippen LogP contribution is -2.39. The average molecular weight is 296 g/mol. The van der Waals surface area contributed by atoms with Crippen molar-refractivity contribution in [2.24, 2.45) is 0 Å². The molecule has 0 bridgehead atoms. The van der Waals surface area contributed by atoms with Crippen LogP contribution in [0.2, 0.25) is 0 Å². The molecule has 1 fully saturated rings. The summed E-state index contributed by atoms with van der Waals surface area (Å²) in [5, 5.41) is 3.02. The molecule has 0 aliphatic heterocycles. The third-order valence-corrected chi connectivity index (χ3v) is 4.68. The maximum Gasteiger partial charge on any atom is 0.250 e. The van der Waals surface area contributed by atoms with Gasteiger partial charge in [-0.25, -0.2) is 0 Å². The number of carbonyl (C=O) groups is 1. The Morgan fingerprint density at radius 2 is 2.10 bits per heavy atom. The number of allylic oxidation sites excluding steroid dienone is 3. The van der Waals surface area contributed by atoms with Gasteiger partial charge in [-0.1, -0.05) is 44.1 Å². The van der Waals surface area contributed by atoms with E-state index in [1.165, 1.54) is 32.1 Å². The van der Waals surface area contributed by atoms with Gasteiger partial charge >= 0.3 is 0 Å². The van der Waals surface area contributed by atoms with Gasteiger partial charge in [0.1, 0.15) is 6.04 Å². The van der Waals surface area contributed by atoms with Crippen LogP contribution in [0.15, 0.2) is 24.3 Å². The molecule has 1 rings (SSSR count). The highest BCUT2D eigenvalue weighted by Crippen LogP contribution is 2.46. The predicted molar refractivity (Wildman–Crippen MR) is 88.6 cm³/mol. The van der Waals surface area contributed by atoms with Crippen molar-refractivity contribution in [1.82, 2.24) is 10.0 Å². The van der Waals surface area contributed by atoms with E-state index in [0.29, 0.717) is 0 Å². The van der Waals surface area contributed by atoms with Gasteiger partial charge in [0.25, 0.3) is 5.91 Å². The molecule has 3 nitrogen and oxygen atoms in total. The molecule has 0 aromatic carbocycles. The molecule has 114 valence electrons. The van der Waals surface area contributed by atoms with Gasteiger partial charge in [-0.05, 0) is 51.6 Å². The van der Waals surface area contributed by atoms with E-state index in [4.69, 9.17) is 0 Å². The number of hydrogen-bond donors (Lipinski definition) is 2. The molecule has 1 saturated carbocycles. The minimum absolute atomic E-state index is 0.0289. The molecule has 0 heterocycles. The van der Waals surface area contributed by atoms with Crippen molar-refractivity contribution in [3.63, 3.8) is 0 Å². The second-order valence-electron chi connectivity index (χ2n) is 5.59. The number of amides is 1. The first-order valence-electron chi connectivity index (χ1n) is 7.60. The highest BCUT2D eigenvalue weighted by molar-refractivity contribution is 7.99. The third kappa shape index (κ3) is 7.15. The molecule has 1 amide bonds. The largest absolute Gasteiger partial charge is 0.306 e. The molecule has 20 heavy (non-hydrogen) atoms. The van der Waals surface area contributed by atoms with Crippen LogP contribution in [0.4, 0.5) is 0 Å². The third-order valence-electron chi connectivity index (χ3n) is 3.47. The Morgan fingerprint density at radius 3 is 2.70 bits per heavy atom. The van der Waals surface area contributed by atoms with Gasteiger partial charge in [0.05, 0.1) is 0 Å². The quantitative estimate of drug-likeness (QED) is 0.368. The van der Waals surface area contributed by atoms with E-state index < -0.39 is 0 Å². The fourth-order valence-corrected chi connectivity index (χ4v) is 2.47. The standard InChI is InChI=1S/C16H28N2OS/c1-4-5-6-7-8-9-10-11-14(17-3)15(19)18-20-16(2)12-13-16/h8-11,14,17H,4-7,12-13H2,1-3H3,(H,18,19)/b9-8-,11-10?. The van der Waals surface area contributed by atoms with Gasteiger partial charge < -0.3 is 5.32 Å². The van der Waals surface area contributed by atoms with E-state index in [2.05, 4.69) is 30.0 Å². The number of nitrogens with one attached hydrogen (secondary N) is 2. The van der Waals surface area contributed by atoms with Gasteiger partial charge in [0.15, 0.2) is 0 Å². The summed E-state index contributed by atoms with van der Waals surface area (Å²) < 4.78 is 3.22. The van der Waals surface area contributed by atoms with Gasteiger partial charge in [-0.3, -0.25) is 9.52 Å². The van der Waals surface area contributed by atoms with Crippen LogP contribution in [-0.4, -0.2) is 23.7 Å². The molecular formula is C16H28N2OS. The highest BCUT2D eigenvalue weighted by atomic mass is 32.2. The number of hydrogen-bond acceptors (Lipinski definition) is 3. The van der Waals surface area contributed by atoms with E-state index in [1.807, 2.05) is 25.3 Å². The maximum absolute atomic E-state index is 12.0. The molecular weight excluding hydrogens is 268 g/mol. The fourth-order valence-electron chi connectivity index (χ4n) is 1.69. The smallest absolute Gasteiger partial charge is 0.250 e. The molecule has 0 saturated heterocycles. The average Bonchev–Trinajstić information content (AvgIpc) is 3.18. The molecule has 0 aromatic rings. The number of carbonyl (C=O) groups excluding carboxylic acids is 1. The molecule has 4 heteroatoms. The van der Waals surface area contributed by atoms with Crippen molar-refractivity contribution in [2.45, 2.75) is 63.2 Å². The second-order valence-corrected chi connectivity index (χ2v) is 6.99. The summed E-state index contributed by atoms with van der Waals surface area (Å²) in [6.07, 6.45) is 15.3. The summed E-state index contributed by atoms with van der Waals surface area (Å²) in [4.78, 5) is 12.0. The Labute approximate surface area is 127 Å². The van der Waals surface area contributed by atoms with Crippen LogP contribution in [0.25, 0.3) is 0 Å². The minimum atomic E-state index is -0.259. The molecule has 0 radical (unpaired) electrons. The molecule has 1 aliphatic carbocycles. The Hall–Kier alpha value is -0.740. The number of likely N-dealkylation sites (N-methyl/N-ethyl adjacent to an activating group) is 1. The minimum Gasteiger partial charge on any atom is -0.306 e. The summed E-state index contributed by atoms with van der Waals surface area (Å²) in [7, 11) is 1.81. The Kier molecular flexibility index (Phi) is 8.00. The van der Waals surface area contributed by atoms with E-state index >= 15 is 0 Å². The molecule has 0 aromatic heterocycles. The molecule has 1 atom stereocenters. The Morgan fingerprint density at radius 1 is 1.35 bits per heavy atom. The lowest BCUT2D eigenvalue weighted by Gasteiger charge is -2.13. The van der Waals surface area contributed by atoms with Crippen molar-refractivity contribution in [3.05, 3.63) is 24.3 Å². The number of unbranched alkanes of at least 4 members (excludes halogenated alkanes) is 3. The monoisotopic (exact) mass is 296 g/mol. The predicted octanol–water partition coefficient (Wildman–Crippen LogP) is 3.58. The van der Waals surface area contributed by atoms with Crippen molar-refractivity contribution < 1.29 is 4.79 Å². The summed E-state index contributed by atoms with van der Waals surface area (Å²) in [6, 6.07) is -0.259. The Bertz CT molecular complexity index is 348. The second kappa shape index (κ2) is 9.24. The van der Waals surface area contributed by atoms with Gasteiger partial charge in [-0.2, -0.15) is 0 Å². The van der Waals surface area contributed by atoms with E-state index in [9.17, 15) is 4.79 Å². The lowest BCUT2D eigenvalue weighted by molar-refractivity contribution is -0.120. The first kappa shape index (κ1) is 17.3. The zero-order valence-corrected chi connectivity index (χ0v) is 13.8. The Balaban J connectivity index is 2.24. The molecule has 0 spiro atoms. The van der Waals surface area contributed by atoms with Crippen LogP contribution in [0.5, 0.6) is 0 Å². The highest BCUT2D eigenvalue weighted by Gasteiger charge is 2.39. The van der Waals surface area contributed by atoms with Crippen molar-refractivity contribution in [3.8, 4) is 0 Å². The fraction of sp³-hybridized carbons (Fsp3) is 0.688. The zero-order chi connectivity index (χ0) is 14.8. The summed E-state index contributed by atoms with van der Waals surface area (Å²) in [5.41, 5.74) is 0.